The molecule has 6 heteroatoms. The van der Waals surface area contributed by atoms with Crippen LogP contribution in [0.1, 0.15) is 35.4 Å². The summed E-state index contributed by atoms with van der Waals surface area (Å²) in [4.78, 5) is 23.2. The standard InChI is InChI=1S/C13H19NO4S/c1-17-10-8-11(19-9-10)13(16)14-7-5-3-4-6-12(15)18-2/h8-9H,3-7H2,1-2H3,(H,14,16). The molecule has 0 atom stereocenters. The lowest BCUT2D eigenvalue weighted by Gasteiger charge is -2.03. The second-order valence-electron chi connectivity index (χ2n) is 3.99. The van der Waals surface area contributed by atoms with E-state index in [2.05, 4.69) is 10.1 Å². The second kappa shape index (κ2) is 8.53. The molecule has 19 heavy (non-hydrogen) atoms. The summed E-state index contributed by atoms with van der Waals surface area (Å²) in [6.07, 6.45) is 2.97. The zero-order chi connectivity index (χ0) is 14.1. The van der Waals surface area contributed by atoms with Crippen molar-refractivity contribution in [3.63, 3.8) is 0 Å². The molecule has 1 rings (SSSR count). The Morgan fingerprint density at radius 1 is 1.26 bits per heavy atom. The lowest BCUT2D eigenvalue weighted by Crippen LogP contribution is -2.23. The van der Waals surface area contributed by atoms with Gasteiger partial charge in [-0.1, -0.05) is 6.42 Å². The van der Waals surface area contributed by atoms with Crippen molar-refractivity contribution in [1.82, 2.24) is 5.32 Å². The van der Waals surface area contributed by atoms with E-state index >= 15 is 0 Å². The van der Waals surface area contributed by atoms with Crippen molar-refractivity contribution in [2.45, 2.75) is 25.7 Å². The molecule has 0 fully saturated rings. The quantitative estimate of drug-likeness (QED) is 0.587. The van der Waals surface area contributed by atoms with Gasteiger partial charge in [-0.2, -0.15) is 0 Å². The topological polar surface area (TPSA) is 64.6 Å². The Bertz CT molecular complexity index is 417. The largest absolute Gasteiger partial charge is 0.496 e. The van der Waals surface area contributed by atoms with Gasteiger partial charge < -0.3 is 14.8 Å². The molecule has 0 spiro atoms. The van der Waals surface area contributed by atoms with Gasteiger partial charge >= 0.3 is 5.97 Å². The second-order valence-corrected chi connectivity index (χ2v) is 4.90. The van der Waals surface area contributed by atoms with Crippen LogP contribution in [0.4, 0.5) is 0 Å². The van der Waals surface area contributed by atoms with Gasteiger partial charge in [0.15, 0.2) is 0 Å². The highest BCUT2D eigenvalue weighted by atomic mass is 32.1. The maximum absolute atomic E-state index is 11.7. The van der Waals surface area contributed by atoms with Gasteiger partial charge in [-0.3, -0.25) is 9.59 Å². The molecule has 1 heterocycles. The lowest BCUT2D eigenvalue weighted by molar-refractivity contribution is -0.140. The molecule has 0 aliphatic heterocycles. The Labute approximate surface area is 116 Å². The van der Waals surface area contributed by atoms with Gasteiger partial charge in [-0.15, -0.1) is 11.3 Å². The molecule has 5 nitrogen and oxygen atoms in total. The summed E-state index contributed by atoms with van der Waals surface area (Å²) in [7, 11) is 2.96. The molecule has 0 saturated heterocycles. The van der Waals surface area contributed by atoms with Crippen LogP contribution < -0.4 is 10.1 Å². The van der Waals surface area contributed by atoms with Crippen LogP contribution in [0.3, 0.4) is 0 Å². The summed E-state index contributed by atoms with van der Waals surface area (Å²) < 4.78 is 9.57. The average molecular weight is 285 g/mol. The highest BCUT2D eigenvalue weighted by Crippen LogP contribution is 2.20. The average Bonchev–Trinajstić information content (AvgIpc) is 2.91. The first kappa shape index (κ1) is 15.5. The number of carbonyl (C=O) groups excluding carboxylic acids is 2. The van der Waals surface area contributed by atoms with E-state index in [1.54, 1.807) is 18.6 Å². The molecule has 0 aromatic carbocycles. The van der Waals surface area contributed by atoms with Crippen molar-refractivity contribution in [2.75, 3.05) is 20.8 Å². The molecule has 0 aliphatic carbocycles. The monoisotopic (exact) mass is 285 g/mol. The van der Waals surface area contributed by atoms with E-state index in [1.807, 2.05) is 0 Å². The molecule has 0 saturated carbocycles. The highest BCUT2D eigenvalue weighted by molar-refractivity contribution is 7.12. The van der Waals surface area contributed by atoms with E-state index in [0.29, 0.717) is 23.6 Å². The molecule has 106 valence electrons. The van der Waals surface area contributed by atoms with E-state index in [1.165, 1.54) is 18.4 Å². The summed E-state index contributed by atoms with van der Waals surface area (Å²) >= 11 is 1.36. The molecule has 0 radical (unpaired) electrons. The van der Waals surface area contributed by atoms with Crippen LogP contribution in [0.15, 0.2) is 11.4 Å². The lowest BCUT2D eigenvalue weighted by atomic mass is 10.2. The van der Waals surface area contributed by atoms with Crippen LogP contribution >= 0.6 is 11.3 Å². The summed E-state index contributed by atoms with van der Waals surface area (Å²) in [5.74, 6) is 0.434. The van der Waals surface area contributed by atoms with Gasteiger partial charge in [0.05, 0.1) is 19.1 Å². The SMILES string of the molecule is COC(=O)CCCCCNC(=O)c1cc(OC)cs1. The van der Waals surface area contributed by atoms with E-state index in [9.17, 15) is 9.59 Å². The number of amides is 1. The van der Waals surface area contributed by atoms with E-state index in [4.69, 9.17) is 4.74 Å². The van der Waals surface area contributed by atoms with Gasteiger partial charge in [-0.05, 0) is 12.8 Å². The minimum Gasteiger partial charge on any atom is -0.496 e. The van der Waals surface area contributed by atoms with Crippen molar-refractivity contribution in [3.05, 3.63) is 16.3 Å². The van der Waals surface area contributed by atoms with Crippen LogP contribution in [0, 0.1) is 0 Å². The number of esters is 1. The van der Waals surface area contributed by atoms with Gasteiger partial charge in [0.2, 0.25) is 0 Å². The summed E-state index contributed by atoms with van der Waals surface area (Å²) in [5.41, 5.74) is 0. The Morgan fingerprint density at radius 3 is 2.68 bits per heavy atom. The van der Waals surface area contributed by atoms with E-state index in [-0.39, 0.29) is 11.9 Å². The highest BCUT2D eigenvalue weighted by Gasteiger charge is 2.08. The fourth-order valence-electron chi connectivity index (χ4n) is 1.51. The zero-order valence-corrected chi connectivity index (χ0v) is 12.0. The van der Waals surface area contributed by atoms with Gasteiger partial charge in [-0.25, -0.2) is 0 Å². The van der Waals surface area contributed by atoms with Crippen LogP contribution in [0.2, 0.25) is 0 Å². The third-order valence-electron chi connectivity index (χ3n) is 2.61. The number of ether oxygens (including phenoxy) is 2. The number of nitrogens with one attached hydrogen (secondary N) is 1. The van der Waals surface area contributed by atoms with Crippen molar-refractivity contribution >= 4 is 23.2 Å². The molecule has 1 amide bonds. The molecule has 0 unspecified atom stereocenters. The third kappa shape index (κ3) is 5.74. The Hall–Kier alpha value is -1.56. The Kier molecular flexibility index (Phi) is 6.95. The first-order valence-corrected chi connectivity index (χ1v) is 7.03. The minimum atomic E-state index is -0.185. The van der Waals surface area contributed by atoms with E-state index < -0.39 is 0 Å². The molecular formula is C13H19NO4S. The van der Waals surface area contributed by atoms with Crippen molar-refractivity contribution in [2.24, 2.45) is 0 Å². The van der Waals surface area contributed by atoms with Crippen LogP contribution in [0.25, 0.3) is 0 Å². The van der Waals surface area contributed by atoms with Crippen LogP contribution in [-0.2, 0) is 9.53 Å². The molecule has 0 aliphatic rings. The number of thiophene rings is 1. The molecule has 0 bridgehead atoms. The number of carbonyl (C=O) groups is 2. The van der Waals surface area contributed by atoms with E-state index in [0.717, 1.165) is 19.3 Å². The minimum absolute atomic E-state index is 0.0822. The Morgan fingerprint density at radius 2 is 2.05 bits per heavy atom. The van der Waals surface area contributed by atoms with Crippen molar-refractivity contribution < 1.29 is 19.1 Å². The van der Waals surface area contributed by atoms with Gasteiger partial charge in [0.1, 0.15) is 5.75 Å². The summed E-state index contributed by atoms with van der Waals surface area (Å²) in [6, 6.07) is 1.72. The van der Waals surface area contributed by atoms with Crippen molar-refractivity contribution in [1.29, 1.82) is 0 Å². The number of hydrogen-bond acceptors (Lipinski definition) is 5. The molecule has 1 aromatic heterocycles. The fraction of sp³-hybridized carbons (Fsp3) is 0.538. The Balaban J connectivity index is 2.12. The predicted molar refractivity (Wildman–Crippen MR) is 73.7 cm³/mol. The summed E-state index contributed by atoms with van der Waals surface area (Å²) in [6.45, 7) is 0.611. The first-order valence-electron chi connectivity index (χ1n) is 6.15. The maximum Gasteiger partial charge on any atom is 0.305 e. The molecular weight excluding hydrogens is 266 g/mol. The van der Waals surface area contributed by atoms with Crippen LogP contribution in [-0.4, -0.2) is 32.6 Å². The third-order valence-corrected chi connectivity index (χ3v) is 3.51. The first-order chi connectivity index (χ1) is 9.17. The molecule has 1 aromatic rings. The predicted octanol–water partition coefficient (Wildman–Crippen LogP) is 2.22. The normalized spacial score (nSPS) is 10.0. The van der Waals surface area contributed by atoms with Crippen molar-refractivity contribution in [3.8, 4) is 5.75 Å². The smallest absolute Gasteiger partial charge is 0.305 e. The number of rotatable bonds is 8. The maximum atomic E-state index is 11.7. The number of unbranched alkanes of at least 4 members (excludes halogenated alkanes) is 2. The number of methoxy groups -OCH3 is 2. The number of hydrogen-bond donors (Lipinski definition) is 1. The summed E-state index contributed by atoms with van der Waals surface area (Å²) in [5, 5.41) is 4.64. The van der Waals surface area contributed by atoms with Gasteiger partial charge in [0.25, 0.3) is 5.91 Å². The van der Waals surface area contributed by atoms with Crippen LogP contribution in [0.5, 0.6) is 5.75 Å². The zero-order valence-electron chi connectivity index (χ0n) is 11.2. The van der Waals surface area contributed by atoms with Gasteiger partial charge in [0, 0.05) is 24.4 Å². The molecule has 1 N–H and O–H groups in total. The fourth-order valence-corrected chi connectivity index (χ4v) is 2.28.